The minimum absolute atomic E-state index is 0.223. The predicted octanol–water partition coefficient (Wildman–Crippen LogP) is 7.62. The Bertz CT molecular complexity index is 1630. The van der Waals surface area contributed by atoms with Gasteiger partial charge in [0.1, 0.15) is 30.0 Å². The molecule has 0 radical (unpaired) electrons. The molecule has 1 heterocycles. The first-order valence-electron chi connectivity index (χ1n) is 14.4. The molecule has 7 heteroatoms. The molecule has 1 saturated heterocycles. The van der Waals surface area contributed by atoms with Gasteiger partial charge in [-0.1, -0.05) is 60.1 Å². The Morgan fingerprint density at radius 2 is 1.71 bits per heavy atom. The lowest BCUT2D eigenvalue weighted by atomic mass is 9.96. The standard InChI is InChI=1S/C35H32ClFN2O3/c36-31-18-25(21-39-15-13-26(40)14-16-39)34(41-22-24-6-3-5-23(17-24)20-38)19-35(31)42-33-12-11-28-27(8-4-9-30(28)33)29-7-1-2-10-32(29)37/h1-10,17-19,26,33,40H,11-16,21-22H2/t33-/m0/s1. The van der Waals surface area contributed by atoms with Crippen LogP contribution in [0.25, 0.3) is 11.1 Å². The van der Waals surface area contributed by atoms with Gasteiger partial charge in [-0.2, -0.15) is 5.26 Å². The van der Waals surface area contributed by atoms with E-state index in [1.165, 1.54) is 6.07 Å². The van der Waals surface area contributed by atoms with E-state index in [9.17, 15) is 14.8 Å². The Balaban J connectivity index is 1.28. The van der Waals surface area contributed by atoms with E-state index in [0.29, 0.717) is 40.8 Å². The third kappa shape index (κ3) is 6.15. The van der Waals surface area contributed by atoms with Crippen molar-refractivity contribution in [2.24, 2.45) is 0 Å². The molecule has 4 aromatic rings. The SMILES string of the molecule is N#Cc1cccc(COc2cc(O[C@H]3CCc4c(-c5ccccc5F)cccc43)c(Cl)cc2CN2CCC(O)CC2)c1. The Kier molecular flexibility index (Phi) is 8.43. The van der Waals surface area contributed by atoms with Crippen molar-refractivity contribution < 1.29 is 19.0 Å². The molecule has 0 amide bonds. The zero-order valence-electron chi connectivity index (χ0n) is 23.2. The van der Waals surface area contributed by atoms with Crippen LogP contribution in [0.2, 0.25) is 5.02 Å². The number of aliphatic hydroxyl groups excluding tert-OH is 1. The molecule has 214 valence electrons. The molecular formula is C35H32ClFN2O3. The van der Waals surface area contributed by atoms with Crippen molar-refractivity contribution in [1.82, 2.24) is 4.90 Å². The molecule has 0 bridgehead atoms. The normalized spacial score (nSPS) is 17.0. The molecule has 0 saturated carbocycles. The first kappa shape index (κ1) is 28.2. The molecule has 1 atom stereocenters. The van der Waals surface area contributed by atoms with Crippen LogP contribution in [0.3, 0.4) is 0 Å². The summed E-state index contributed by atoms with van der Waals surface area (Å²) < 4.78 is 27.5. The third-order valence-electron chi connectivity index (χ3n) is 8.17. The van der Waals surface area contributed by atoms with Gasteiger partial charge in [0, 0.05) is 36.8 Å². The van der Waals surface area contributed by atoms with E-state index in [1.54, 1.807) is 12.1 Å². The summed E-state index contributed by atoms with van der Waals surface area (Å²) in [5.74, 6) is 0.963. The van der Waals surface area contributed by atoms with Crippen LogP contribution in [0.4, 0.5) is 4.39 Å². The average Bonchev–Trinajstić information content (AvgIpc) is 3.42. The quantitative estimate of drug-likeness (QED) is 0.231. The van der Waals surface area contributed by atoms with Crippen molar-refractivity contribution in [3.8, 4) is 28.7 Å². The summed E-state index contributed by atoms with van der Waals surface area (Å²) in [6.45, 7) is 2.52. The first-order chi connectivity index (χ1) is 20.5. The molecule has 1 fully saturated rings. The Morgan fingerprint density at radius 3 is 2.52 bits per heavy atom. The van der Waals surface area contributed by atoms with Gasteiger partial charge < -0.3 is 14.6 Å². The minimum atomic E-state index is -0.253. The number of nitriles is 1. The van der Waals surface area contributed by atoms with E-state index in [4.69, 9.17) is 21.1 Å². The monoisotopic (exact) mass is 582 g/mol. The van der Waals surface area contributed by atoms with Crippen LogP contribution >= 0.6 is 11.6 Å². The predicted molar refractivity (Wildman–Crippen MR) is 161 cm³/mol. The Labute approximate surface area is 250 Å². The van der Waals surface area contributed by atoms with Gasteiger partial charge in [0.2, 0.25) is 0 Å². The number of piperidine rings is 1. The van der Waals surface area contributed by atoms with Gasteiger partial charge in [-0.3, -0.25) is 4.90 Å². The maximum atomic E-state index is 14.7. The number of nitrogens with zero attached hydrogens (tertiary/aromatic N) is 2. The number of hydrogen-bond acceptors (Lipinski definition) is 5. The van der Waals surface area contributed by atoms with Crippen molar-refractivity contribution in [3.05, 3.63) is 118 Å². The molecule has 42 heavy (non-hydrogen) atoms. The van der Waals surface area contributed by atoms with Crippen molar-refractivity contribution in [3.63, 3.8) is 0 Å². The van der Waals surface area contributed by atoms with Gasteiger partial charge in [0.05, 0.1) is 22.8 Å². The summed E-state index contributed by atoms with van der Waals surface area (Å²) in [6.07, 6.45) is 2.53. The lowest BCUT2D eigenvalue weighted by Crippen LogP contribution is -2.35. The van der Waals surface area contributed by atoms with Crippen molar-refractivity contribution in [1.29, 1.82) is 5.26 Å². The van der Waals surface area contributed by atoms with Crippen molar-refractivity contribution in [2.45, 2.75) is 51.0 Å². The van der Waals surface area contributed by atoms with E-state index in [-0.39, 0.29) is 18.0 Å². The van der Waals surface area contributed by atoms with Gasteiger partial charge in [-0.15, -0.1) is 0 Å². The average molecular weight is 583 g/mol. The summed E-state index contributed by atoms with van der Waals surface area (Å²) in [6, 6.07) is 26.1. The summed E-state index contributed by atoms with van der Waals surface area (Å²) in [4.78, 5) is 2.29. The highest BCUT2D eigenvalue weighted by atomic mass is 35.5. The highest BCUT2D eigenvalue weighted by Crippen LogP contribution is 2.43. The van der Waals surface area contributed by atoms with E-state index >= 15 is 0 Å². The molecule has 0 unspecified atom stereocenters. The number of rotatable bonds is 8. The summed E-state index contributed by atoms with van der Waals surface area (Å²) in [5, 5.41) is 19.7. The molecule has 0 spiro atoms. The van der Waals surface area contributed by atoms with Gasteiger partial charge in [0.15, 0.2) is 0 Å². The lowest BCUT2D eigenvalue weighted by molar-refractivity contribution is 0.0787. The van der Waals surface area contributed by atoms with Gasteiger partial charge in [0.25, 0.3) is 0 Å². The third-order valence-corrected chi connectivity index (χ3v) is 8.46. The number of likely N-dealkylation sites (tertiary alicyclic amines) is 1. The van der Waals surface area contributed by atoms with Gasteiger partial charge in [-0.25, -0.2) is 4.39 Å². The molecule has 1 aliphatic carbocycles. The fraction of sp³-hybridized carbons (Fsp3) is 0.286. The number of halogens is 2. The first-order valence-corrected chi connectivity index (χ1v) is 14.7. The van der Waals surface area contributed by atoms with E-state index in [1.807, 2.05) is 60.7 Å². The van der Waals surface area contributed by atoms with E-state index in [2.05, 4.69) is 11.0 Å². The summed E-state index contributed by atoms with van der Waals surface area (Å²) in [7, 11) is 0. The Hall–Kier alpha value is -3.89. The second kappa shape index (κ2) is 12.5. The van der Waals surface area contributed by atoms with Crippen LogP contribution in [0.5, 0.6) is 11.5 Å². The zero-order valence-corrected chi connectivity index (χ0v) is 24.0. The number of ether oxygens (including phenoxy) is 2. The molecule has 1 N–H and O–H groups in total. The minimum Gasteiger partial charge on any atom is -0.488 e. The van der Waals surface area contributed by atoms with Gasteiger partial charge >= 0.3 is 0 Å². The molecule has 0 aromatic heterocycles. The highest BCUT2D eigenvalue weighted by Gasteiger charge is 2.28. The number of aliphatic hydroxyl groups is 1. The summed E-state index contributed by atoms with van der Waals surface area (Å²) >= 11 is 6.83. The number of hydrogen-bond donors (Lipinski definition) is 1. The molecule has 6 rings (SSSR count). The molecular weight excluding hydrogens is 551 g/mol. The van der Waals surface area contributed by atoms with Gasteiger partial charge in [-0.05, 0) is 72.2 Å². The van der Waals surface area contributed by atoms with E-state index < -0.39 is 0 Å². The maximum Gasteiger partial charge on any atom is 0.142 e. The lowest BCUT2D eigenvalue weighted by Gasteiger charge is -2.30. The van der Waals surface area contributed by atoms with Crippen LogP contribution in [0.1, 0.15) is 53.2 Å². The molecule has 1 aliphatic heterocycles. The molecule has 4 aromatic carbocycles. The second-order valence-corrected chi connectivity index (χ2v) is 11.4. The largest absolute Gasteiger partial charge is 0.488 e. The van der Waals surface area contributed by atoms with Crippen LogP contribution in [-0.2, 0) is 19.6 Å². The fourth-order valence-electron chi connectivity index (χ4n) is 5.96. The zero-order chi connectivity index (χ0) is 29.1. The van der Waals surface area contributed by atoms with E-state index in [0.717, 1.165) is 66.6 Å². The maximum absolute atomic E-state index is 14.7. The fourth-order valence-corrected chi connectivity index (χ4v) is 6.19. The Morgan fingerprint density at radius 1 is 0.929 bits per heavy atom. The number of fused-ring (bicyclic) bond motifs is 1. The van der Waals surface area contributed by atoms with Crippen LogP contribution in [0, 0.1) is 17.1 Å². The van der Waals surface area contributed by atoms with Crippen LogP contribution < -0.4 is 9.47 Å². The topological polar surface area (TPSA) is 65.7 Å². The van der Waals surface area contributed by atoms with Crippen LogP contribution in [-0.4, -0.2) is 29.2 Å². The molecule has 5 nitrogen and oxygen atoms in total. The van der Waals surface area contributed by atoms with Crippen LogP contribution in [0.15, 0.2) is 78.9 Å². The van der Waals surface area contributed by atoms with Crippen molar-refractivity contribution >= 4 is 11.6 Å². The number of benzene rings is 4. The molecule has 2 aliphatic rings. The second-order valence-electron chi connectivity index (χ2n) is 11.0. The highest BCUT2D eigenvalue weighted by molar-refractivity contribution is 6.32. The smallest absolute Gasteiger partial charge is 0.142 e. The van der Waals surface area contributed by atoms with Crippen molar-refractivity contribution in [2.75, 3.05) is 13.1 Å². The summed E-state index contributed by atoms with van der Waals surface area (Å²) in [5.41, 5.74) is 6.04.